The van der Waals surface area contributed by atoms with Crippen molar-refractivity contribution in [2.45, 2.75) is 38.6 Å². The molecule has 2 heterocycles. The van der Waals surface area contributed by atoms with Gasteiger partial charge >= 0.3 is 0 Å². The smallest absolute Gasteiger partial charge is 0.239 e. The topological polar surface area (TPSA) is 63.8 Å². The van der Waals surface area contributed by atoms with E-state index in [9.17, 15) is 0 Å². The Morgan fingerprint density at radius 3 is 2.84 bits per heavy atom. The minimum absolute atomic E-state index is 0.504. The highest BCUT2D eigenvalue weighted by Crippen LogP contribution is 2.33. The second-order valence-corrected chi connectivity index (χ2v) is 7.01. The highest BCUT2D eigenvalue weighted by molar-refractivity contribution is 7.99. The van der Waals surface area contributed by atoms with E-state index in [1.165, 1.54) is 11.3 Å². The molecule has 3 N–H and O–H groups in total. The molecule has 0 saturated heterocycles. The summed E-state index contributed by atoms with van der Waals surface area (Å²) in [6.45, 7) is 6.64. The van der Waals surface area contributed by atoms with E-state index >= 15 is 0 Å². The van der Waals surface area contributed by atoms with Crippen LogP contribution in [0.1, 0.15) is 32.1 Å². The zero-order valence-electron chi connectivity index (χ0n) is 11.6. The van der Waals surface area contributed by atoms with Gasteiger partial charge in [-0.05, 0) is 30.6 Å². The number of anilines is 1. The molecule has 2 rings (SSSR count). The summed E-state index contributed by atoms with van der Waals surface area (Å²) in [6.07, 6.45) is 2.22. The van der Waals surface area contributed by atoms with Crippen LogP contribution in [0.4, 0.5) is 5.95 Å². The average molecular weight is 296 g/mol. The van der Waals surface area contributed by atoms with Crippen molar-refractivity contribution in [2.24, 2.45) is 11.8 Å². The monoisotopic (exact) mass is 296 g/mol. The van der Waals surface area contributed by atoms with E-state index in [2.05, 4.69) is 42.2 Å². The maximum Gasteiger partial charge on any atom is 0.239 e. The second-order valence-electron chi connectivity index (χ2n) is 4.81. The standard InChI is InChI=1S/C13H20N4S2/c1-4-9-7-10-11(18-6-5-8(2)3)15-13(17-14)16-12(10)19-9/h7-8H,4-6,14H2,1-3H3,(H,15,16,17). The maximum atomic E-state index is 5.45. The van der Waals surface area contributed by atoms with Crippen molar-refractivity contribution in [3.8, 4) is 0 Å². The number of thioether (sulfide) groups is 1. The second kappa shape index (κ2) is 6.54. The number of hydrogen-bond donors (Lipinski definition) is 2. The summed E-state index contributed by atoms with van der Waals surface area (Å²) in [5, 5.41) is 2.20. The zero-order chi connectivity index (χ0) is 13.8. The lowest BCUT2D eigenvalue weighted by Crippen LogP contribution is -2.10. The fourth-order valence-corrected chi connectivity index (χ4v) is 3.96. The number of nitrogen functional groups attached to an aromatic ring is 1. The molecule has 6 heteroatoms. The third-order valence-corrected chi connectivity index (χ3v) is 5.02. The van der Waals surface area contributed by atoms with E-state index in [1.54, 1.807) is 23.1 Å². The zero-order valence-corrected chi connectivity index (χ0v) is 13.2. The Morgan fingerprint density at radius 2 is 2.21 bits per heavy atom. The predicted molar refractivity (Wildman–Crippen MR) is 84.8 cm³/mol. The summed E-state index contributed by atoms with van der Waals surface area (Å²) in [5.41, 5.74) is 2.56. The maximum absolute atomic E-state index is 5.45. The lowest BCUT2D eigenvalue weighted by atomic mass is 10.2. The number of nitrogens with one attached hydrogen (secondary N) is 1. The van der Waals surface area contributed by atoms with Crippen molar-refractivity contribution in [2.75, 3.05) is 11.2 Å². The number of hydrazine groups is 1. The van der Waals surface area contributed by atoms with Crippen LogP contribution in [0.15, 0.2) is 11.1 Å². The van der Waals surface area contributed by atoms with Crippen LogP contribution in [0.25, 0.3) is 10.2 Å². The molecule has 0 spiro atoms. The molecule has 0 amide bonds. The Hall–Kier alpha value is -0.850. The number of nitrogens with two attached hydrogens (primary N) is 1. The van der Waals surface area contributed by atoms with Gasteiger partial charge < -0.3 is 0 Å². The average Bonchev–Trinajstić information content (AvgIpc) is 2.81. The molecule has 0 bridgehead atoms. The summed E-state index contributed by atoms with van der Waals surface area (Å²) in [6, 6.07) is 2.21. The highest BCUT2D eigenvalue weighted by Gasteiger charge is 2.11. The van der Waals surface area contributed by atoms with Gasteiger partial charge in [0.1, 0.15) is 9.86 Å². The van der Waals surface area contributed by atoms with Crippen molar-refractivity contribution >= 4 is 39.3 Å². The molecule has 19 heavy (non-hydrogen) atoms. The van der Waals surface area contributed by atoms with Crippen LogP contribution >= 0.6 is 23.1 Å². The molecule has 0 unspecified atom stereocenters. The number of nitrogens with zero attached hydrogens (tertiary/aromatic N) is 2. The van der Waals surface area contributed by atoms with E-state index in [0.717, 1.165) is 27.4 Å². The number of rotatable bonds is 6. The van der Waals surface area contributed by atoms with Gasteiger partial charge in [0.15, 0.2) is 0 Å². The summed E-state index contributed by atoms with van der Waals surface area (Å²) < 4.78 is 0. The molecule has 0 aromatic carbocycles. The van der Waals surface area contributed by atoms with Gasteiger partial charge in [-0.15, -0.1) is 23.1 Å². The first kappa shape index (κ1) is 14.6. The van der Waals surface area contributed by atoms with Gasteiger partial charge in [0.05, 0.1) is 0 Å². The summed E-state index contributed by atoms with van der Waals surface area (Å²) >= 11 is 3.51. The van der Waals surface area contributed by atoms with E-state index < -0.39 is 0 Å². The number of aryl methyl sites for hydroxylation is 1. The molecule has 4 nitrogen and oxygen atoms in total. The van der Waals surface area contributed by atoms with Crippen LogP contribution in [0.2, 0.25) is 0 Å². The van der Waals surface area contributed by atoms with Crippen LogP contribution in [0.5, 0.6) is 0 Å². The first-order valence-electron chi connectivity index (χ1n) is 6.54. The minimum Gasteiger partial charge on any atom is -0.292 e. The van der Waals surface area contributed by atoms with E-state index in [-0.39, 0.29) is 0 Å². The normalized spacial score (nSPS) is 11.4. The predicted octanol–water partition coefficient (Wildman–Crippen LogP) is 3.68. The fraction of sp³-hybridized carbons (Fsp3) is 0.538. The molecule has 0 saturated carbocycles. The molecule has 104 valence electrons. The van der Waals surface area contributed by atoms with Crippen molar-refractivity contribution in [1.82, 2.24) is 9.97 Å². The molecule has 0 fully saturated rings. The van der Waals surface area contributed by atoms with Gasteiger partial charge in [-0.2, -0.15) is 0 Å². The Balaban J connectivity index is 2.30. The van der Waals surface area contributed by atoms with Crippen LogP contribution in [-0.2, 0) is 6.42 Å². The lowest BCUT2D eigenvalue weighted by Gasteiger charge is -2.06. The molecular formula is C13H20N4S2. The van der Waals surface area contributed by atoms with Gasteiger partial charge in [-0.25, -0.2) is 15.8 Å². The molecule has 0 radical (unpaired) electrons. The molecule has 0 aliphatic rings. The quantitative estimate of drug-likeness (QED) is 0.368. The van der Waals surface area contributed by atoms with Crippen LogP contribution in [-0.4, -0.2) is 15.7 Å². The largest absolute Gasteiger partial charge is 0.292 e. The fourth-order valence-electron chi connectivity index (χ4n) is 1.69. The molecule has 0 aliphatic carbocycles. The van der Waals surface area contributed by atoms with Crippen molar-refractivity contribution in [3.63, 3.8) is 0 Å². The van der Waals surface area contributed by atoms with Crippen molar-refractivity contribution < 1.29 is 0 Å². The van der Waals surface area contributed by atoms with E-state index in [4.69, 9.17) is 5.84 Å². The summed E-state index contributed by atoms with van der Waals surface area (Å²) in [7, 11) is 0. The first-order valence-corrected chi connectivity index (χ1v) is 8.34. The Bertz CT molecular complexity index is 551. The van der Waals surface area contributed by atoms with Gasteiger partial charge in [-0.1, -0.05) is 20.8 Å². The number of aromatic nitrogens is 2. The Morgan fingerprint density at radius 1 is 1.42 bits per heavy atom. The van der Waals surface area contributed by atoms with Crippen LogP contribution in [0.3, 0.4) is 0 Å². The van der Waals surface area contributed by atoms with Gasteiger partial charge in [0, 0.05) is 10.3 Å². The van der Waals surface area contributed by atoms with E-state index in [0.29, 0.717) is 11.9 Å². The van der Waals surface area contributed by atoms with Gasteiger partial charge in [0.25, 0.3) is 0 Å². The third-order valence-electron chi connectivity index (χ3n) is 2.82. The molecule has 2 aromatic rings. The van der Waals surface area contributed by atoms with Crippen molar-refractivity contribution in [1.29, 1.82) is 0 Å². The molecule has 0 atom stereocenters. The highest BCUT2D eigenvalue weighted by atomic mass is 32.2. The van der Waals surface area contributed by atoms with Crippen LogP contribution in [0, 0.1) is 5.92 Å². The molecule has 2 aromatic heterocycles. The number of thiophene rings is 1. The SMILES string of the molecule is CCc1cc2c(SCCC(C)C)nc(NN)nc2s1. The Kier molecular flexibility index (Phi) is 5.01. The summed E-state index contributed by atoms with van der Waals surface area (Å²) in [4.78, 5) is 11.3. The molecule has 0 aliphatic heterocycles. The number of fused-ring (bicyclic) bond motifs is 1. The summed E-state index contributed by atoms with van der Waals surface area (Å²) in [5.74, 6) is 7.74. The van der Waals surface area contributed by atoms with Gasteiger partial charge in [0.2, 0.25) is 5.95 Å². The van der Waals surface area contributed by atoms with Crippen molar-refractivity contribution in [3.05, 3.63) is 10.9 Å². The lowest BCUT2D eigenvalue weighted by molar-refractivity contribution is 0.632. The molecular weight excluding hydrogens is 276 g/mol. The van der Waals surface area contributed by atoms with E-state index in [1.807, 2.05) is 0 Å². The van der Waals surface area contributed by atoms with Gasteiger partial charge in [-0.3, -0.25) is 5.43 Å². The first-order chi connectivity index (χ1) is 9.13. The van der Waals surface area contributed by atoms with Crippen LogP contribution < -0.4 is 11.3 Å². The Labute approximate surface area is 122 Å². The minimum atomic E-state index is 0.504. The third kappa shape index (κ3) is 3.58. The number of hydrogen-bond acceptors (Lipinski definition) is 6.